The largest absolute Gasteiger partial charge is 0.449 e. The normalized spacial score (nSPS) is 13.8. The molecule has 41 heavy (non-hydrogen) atoms. The van der Waals surface area contributed by atoms with Crippen molar-refractivity contribution in [1.29, 1.82) is 0 Å². The van der Waals surface area contributed by atoms with E-state index in [1.54, 1.807) is 57.4 Å². The lowest BCUT2D eigenvalue weighted by Gasteiger charge is -2.33. The topological polar surface area (TPSA) is 136 Å². The first-order valence-electron chi connectivity index (χ1n) is 13.3. The van der Waals surface area contributed by atoms with Gasteiger partial charge in [-0.3, -0.25) is 20.4 Å². The van der Waals surface area contributed by atoms with Gasteiger partial charge in [-0.05, 0) is 88.1 Å². The molecule has 0 atom stereocenters. The fourth-order valence-electron chi connectivity index (χ4n) is 4.48. The number of nitrogens with zero attached hydrogens (tertiary/aromatic N) is 2. The zero-order chi connectivity index (χ0) is 29.6. The summed E-state index contributed by atoms with van der Waals surface area (Å²) in [6.45, 7) is 7.13. The van der Waals surface area contributed by atoms with Gasteiger partial charge in [0.05, 0.1) is 23.5 Å². The third kappa shape index (κ3) is 8.34. The molecule has 2 aromatic carbocycles. The maximum atomic E-state index is 13.5. The lowest BCUT2D eigenvalue weighted by atomic mass is 9.97. The second-order valence-corrected chi connectivity index (χ2v) is 11.2. The van der Waals surface area contributed by atoms with Crippen LogP contribution in [0.2, 0.25) is 5.02 Å². The van der Waals surface area contributed by atoms with Gasteiger partial charge in [0.15, 0.2) is 5.78 Å². The predicted octanol–water partition coefficient (Wildman–Crippen LogP) is 6.36. The van der Waals surface area contributed by atoms with Gasteiger partial charge in [-0.2, -0.15) is 0 Å². The first-order chi connectivity index (χ1) is 19.5. The van der Waals surface area contributed by atoms with Gasteiger partial charge in [-0.1, -0.05) is 11.6 Å². The minimum atomic E-state index is -0.730. The number of aromatic nitrogens is 1. The molecule has 0 radical (unpaired) electrons. The standard InChI is InChI=1S/C30H34ClN5O5/c1-30(2,3)41-29(39)34-22-16-24(27(37)20-4-6-21(31)7-5-20)26(25(32)17-22)35-28(38)40-18-19-10-14-36(15-11-19)23-8-12-33-13-9-23/h4-9,12-13,16-17,19H,10-11,14-15,18,32H2,1-3H3,(H,34,39)(H,35,38). The number of piperidine rings is 1. The maximum absolute atomic E-state index is 13.5. The van der Waals surface area contributed by atoms with Crippen molar-refractivity contribution in [2.45, 2.75) is 39.2 Å². The second-order valence-electron chi connectivity index (χ2n) is 10.8. The Hall–Kier alpha value is -4.31. The molecule has 11 heteroatoms. The average Bonchev–Trinajstić information content (AvgIpc) is 2.93. The van der Waals surface area contributed by atoms with E-state index in [1.807, 2.05) is 12.1 Å². The van der Waals surface area contributed by atoms with E-state index in [0.29, 0.717) is 10.6 Å². The van der Waals surface area contributed by atoms with E-state index < -0.39 is 23.6 Å². The van der Waals surface area contributed by atoms with Crippen LogP contribution in [-0.2, 0) is 9.47 Å². The van der Waals surface area contributed by atoms with Gasteiger partial charge in [0.2, 0.25) is 0 Å². The zero-order valence-electron chi connectivity index (χ0n) is 23.3. The molecular weight excluding hydrogens is 546 g/mol. The molecule has 2 amide bonds. The van der Waals surface area contributed by atoms with E-state index >= 15 is 0 Å². The highest BCUT2D eigenvalue weighted by Gasteiger charge is 2.24. The number of hydrogen-bond donors (Lipinski definition) is 3. The lowest BCUT2D eigenvalue weighted by molar-refractivity contribution is 0.0635. The Bertz CT molecular complexity index is 1380. The number of hydrogen-bond acceptors (Lipinski definition) is 8. The van der Waals surface area contributed by atoms with Crippen LogP contribution in [0.3, 0.4) is 0 Å². The third-order valence-corrected chi connectivity index (χ3v) is 6.74. The van der Waals surface area contributed by atoms with Crippen LogP contribution >= 0.6 is 11.6 Å². The summed E-state index contributed by atoms with van der Waals surface area (Å²) in [6.07, 6.45) is 3.83. The van der Waals surface area contributed by atoms with Crippen molar-refractivity contribution >= 4 is 52.3 Å². The van der Waals surface area contributed by atoms with Crippen molar-refractivity contribution in [2.24, 2.45) is 5.92 Å². The summed E-state index contributed by atoms with van der Waals surface area (Å²) >= 11 is 5.99. The number of benzene rings is 2. The number of amides is 2. The number of nitrogens with two attached hydrogens (primary N) is 1. The summed E-state index contributed by atoms with van der Waals surface area (Å²) in [5.41, 5.74) is 7.44. The van der Waals surface area contributed by atoms with Gasteiger partial charge >= 0.3 is 12.2 Å². The summed E-state index contributed by atoms with van der Waals surface area (Å²) in [7, 11) is 0. The van der Waals surface area contributed by atoms with Gasteiger partial charge in [-0.15, -0.1) is 0 Å². The van der Waals surface area contributed by atoms with Gasteiger partial charge < -0.3 is 20.1 Å². The summed E-state index contributed by atoms with van der Waals surface area (Å²) in [5, 5.41) is 5.70. The predicted molar refractivity (Wildman–Crippen MR) is 160 cm³/mol. The van der Waals surface area contributed by atoms with Gasteiger partial charge in [0, 0.05) is 47.4 Å². The Morgan fingerprint density at radius 3 is 2.29 bits per heavy atom. The van der Waals surface area contributed by atoms with Crippen LogP contribution in [0.25, 0.3) is 0 Å². The Morgan fingerprint density at radius 1 is 1.00 bits per heavy atom. The Labute approximate surface area is 244 Å². The zero-order valence-corrected chi connectivity index (χ0v) is 24.0. The molecule has 2 heterocycles. The first kappa shape index (κ1) is 29.7. The maximum Gasteiger partial charge on any atom is 0.412 e. The molecule has 0 unspecified atom stereocenters. The monoisotopic (exact) mass is 579 g/mol. The molecule has 4 rings (SSSR count). The number of nitrogens with one attached hydrogen (secondary N) is 2. The number of ketones is 1. The molecule has 1 aliphatic rings. The number of ether oxygens (including phenoxy) is 2. The Morgan fingerprint density at radius 2 is 1.66 bits per heavy atom. The van der Waals surface area contributed by atoms with Crippen LogP contribution in [0.4, 0.5) is 32.3 Å². The van der Waals surface area contributed by atoms with E-state index in [9.17, 15) is 14.4 Å². The summed E-state index contributed by atoms with van der Waals surface area (Å²) in [4.78, 5) is 45.0. The molecular formula is C30H34ClN5O5. The molecule has 0 aliphatic carbocycles. The van der Waals surface area contributed by atoms with Crippen molar-refractivity contribution in [3.05, 3.63) is 77.1 Å². The first-order valence-corrected chi connectivity index (χ1v) is 13.7. The quantitative estimate of drug-likeness (QED) is 0.217. The van der Waals surface area contributed by atoms with E-state index in [-0.39, 0.29) is 35.2 Å². The summed E-state index contributed by atoms with van der Waals surface area (Å²) < 4.78 is 10.8. The molecule has 1 aromatic heterocycles. The lowest BCUT2D eigenvalue weighted by Crippen LogP contribution is -2.35. The van der Waals surface area contributed by atoms with E-state index in [0.717, 1.165) is 31.6 Å². The highest BCUT2D eigenvalue weighted by molar-refractivity contribution is 6.30. The van der Waals surface area contributed by atoms with Crippen molar-refractivity contribution in [2.75, 3.05) is 41.0 Å². The molecule has 216 valence electrons. The van der Waals surface area contributed by atoms with Crippen LogP contribution in [-0.4, -0.2) is 48.3 Å². The SMILES string of the molecule is CC(C)(C)OC(=O)Nc1cc(N)c(NC(=O)OCC2CCN(c3ccncc3)CC2)c(C(=O)c2ccc(Cl)cc2)c1. The number of anilines is 4. The average molecular weight is 580 g/mol. The molecule has 3 aromatic rings. The number of pyridine rings is 1. The number of halogens is 1. The summed E-state index contributed by atoms with van der Waals surface area (Å²) in [5.74, 6) is -0.230. The third-order valence-electron chi connectivity index (χ3n) is 6.48. The van der Waals surface area contributed by atoms with Crippen LogP contribution in [0.15, 0.2) is 60.9 Å². The molecule has 0 saturated carbocycles. The molecule has 10 nitrogen and oxygen atoms in total. The fraction of sp³-hybridized carbons (Fsp3) is 0.333. The van der Waals surface area contributed by atoms with Gasteiger partial charge in [0.1, 0.15) is 5.60 Å². The van der Waals surface area contributed by atoms with Crippen LogP contribution < -0.4 is 21.3 Å². The summed E-state index contributed by atoms with van der Waals surface area (Å²) in [6, 6.07) is 13.1. The van der Waals surface area contributed by atoms with Crippen LogP contribution in [0.1, 0.15) is 49.5 Å². The highest BCUT2D eigenvalue weighted by Crippen LogP contribution is 2.31. The van der Waals surface area contributed by atoms with E-state index in [1.165, 1.54) is 12.1 Å². The van der Waals surface area contributed by atoms with E-state index in [4.69, 9.17) is 26.8 Å². The Balaban J connectivity index is 1.46. The minimum absolute atomic E-state index is 0.0680. The van der Waals surface area contributed by atoms with Crippen LogP contribution in [0, 0.1) is 5.92 Å². The van der Waals surface area contributed by atoms with Crippen molar-refractivity contribution in [3.8, 4) is 0 Å². The van der Waals surface area contributed by atoms with Crippen molar-refractivity contribution in [1.82, 2.24) is 4.98 Å². The van der Waals surface area contributed by atoms with Crippen LogP contribution in [0.5, 0.6) is 0 Å². The number of carbonyl (C=O) groups excluding carboxylic acids is 3. The molecule has 1 saturated heterocycles. The molecule has 1 aliphatic heterocycles. The molecule has 1 fully saturated rings. The number of rotatable bonds is 7. The van der Waals surface area contributed by atoms with E-state index in [2.05, 4.69) is 20.5 Å². The van der Waals surface area contributed by atoms with Crippen molar-refractivity contribution in [3.63, 3.8) is 0 Å². The molecule has 4 N–H and O–H groups in total. The molecule has 0 bridgehead atoms. The molecule has 0 spiro atoms. The second kappa shape index (κ2) is 12.9. The highest BCUT2D eigenvalue weighted by atomic mass is 35.5. The van der Waals surface area contributed by atoms with Gasteiger partial charge in [0.25, 0.3) is 0 Å². The van der Waals surface area contributed by atoms with Crippen molar-refractivity contribution < 1.29 is 23.9 Å². The minimum Gasteiger partial charge on any atom is -0.449 e. The number of nitrogen functional groups attached to an aromatic ring is 1. The Kier molecular flexibility index (Phi) is 9.34. The van der Waals surface area contributed by atoms with Gasteiger partial charge in [-0.25, -0.2) is 9.59 Å². The smallest absolute Gasteiger partial charge is 0.412 e. The fourth-order valence-corrected chi connectivity index (χ4v) is 4.60. The number of carbonyl (C=O) groups is 3.